The minimum absolute atomic E-state index is 0.0557. The van der Waals surface area contributed by atoms with Crippen LogP contribution in [-0.4, -0.2) is 25.2 Å². The van der Waals surface area contributed by atoms with Crippen molar-refractivity contribution in [2.75, 3.05) is 13.1 Å². The van der Waals surface area contributed by atoms with Crippen LogP contribution in [0.25, 0.3) is 0 Å². The SMILES string of the molecule is O=C1Cc2ccccc2C1NC1NCCN1. The maximum atomic E-state index is 11.9. The van der Waals surface area contributed by atoms with Crippen molar-refractivity contribution in [3.63, 3.8) is 0 Å². The van der Waals surface area contributed by atoms with Crippen molar-refractivity contribution >= 4 is 5.78 Å². The lowest BCUT2D eigenvalue weighted by Gasteiger charge is -2.19. The highest BCUT2D eigenvalue weighted by molar-refractivity contribution is 5.92. The number of carbonyl (C=O) groups is 1. The van der Waals surface area contributed by atoms with Crippen molar-refractivity contribution in [2.24, 2.45) is 0 Å². The Bertz CT molecular complexity index is 412. The topological polar surface area (TPSA) is 53.2 Å². The van der Waals surface area contributed by atoms with Gasteiger partial charge in [0.1, 0.15) is 6.29 Å². The average molecular weight is 217 g/mol. The van der Waals surface area contributed by atoms with Crippen LogP contribution in [0.2, 0.25) is 0 Å². The first-order valence-corrected chi connectivity index (χ1v) is 5.68. The van der Waals surface area contributed by atoms with Gasteiger partial charge in [-0.25, -0.2) is 0 Å². The highest BCUT2D eigenvalue weighted by Crippen LogP contribution is 2.28. The number of hydrogen-bond acceptors (Lipinski definition) is 4. The van der Waals surface area contributed by atoms with Gasteiger partial charge in [0.2, 0.25) is 0 Å². The van der Waals surface area contributed by atoms with Gasteiger partial charge in [0, 0.05) is 19.5 Å². The summed E-state index contributed by atoms with van der Waals surface area (Å²) >= 11 is 0. The van der Waals surface area contributed by atoms with Gasteiger partial charge in [-0.2, -0.15) is 0 Å². The molecule has 3 N–H and O–H groups in total. The lowest BCUT2D eigenvalue weighted by Crippen LogP contribution is -2.47. The first-order chi connectivity index (χ1) is 7.84. The van der Waals surface area contributed by atoms with Crippen LogP contribution in [0.5, 0.6) is 0 Å². The Morgan fingerprint density at radius 3 is 2.75 bits per heavy atom. The molecule has 0 aromatic heterocycles. The quantitative estimate of drug-likeness (QED) is 0.648. The molecule has 3 rings (SSSR count). The molecular weight excluding hydrogens is 202 g/mol. The minimum atomic E-state index is -0.153. The van der Waals surface area contributed by atoms with Crippen LogP contribution in [0.1, 0.15) is 17.2 Å². The molecule has 16 heavy (non-hydrogen) atoms. The maximum absolute atomic E-state index is 11.9. The predicted molar refractivity (Wildman–Crippen MR) is 60.8 cm³/mol. The zero-order valence-corrected chi connectivity index (χ0v) is 8.99. The Morgan fingerprint density at radius 2 is 1.94 bits per heavy atom. The number of Topliss-reactive ketones (excluding diaryl/α,β-unsaturated/α-hetero) is 1. The Balaban J connectivity index is 1.81. The number of fused-ring (bicyclic) bond motifs is 1. The summed E-state index contributed by atoms with van der Waals surface area (Å²) in [5.41, 5.74) is 2.28. The van der Waals surface area contributed by atoms with Gasteiger partial charge in [-0.3, -0.25) is 20.7 Å². The lowest BCUT2D eigenvalue weighted by atomic mass is 10.1. The summed E-state index contributed by atoms with van der Waals surface area (Å²) in [7, 11) is 0. The molecule has 0 bridgehead atoms. The van der Waals surface area contributed by atoms with E-state index in [1.807, 2.05) is 24.3 Å². The smallest absolute Gasteiger partial charge is 0.158 e. The van der Waals surface area contributed by atoms with Gasteiger partial charge < -0.3 is 0 Å². The first kappa shape index (κ1) is 9.96. The van der Waals surface area contributed by atoms with Crippen molar-refractivity contribution in [2.45, 2.75) is 18.8 Å². The molecule has 1 aliphatic heterocycles. The fourth-order valence-electron chi connectivity index (χ4n) is 2.41. The molecule has 1 atom stereocenters. The van der Waals surface area contributed by atoms with E-state index >= 15 is 0 Å². The Labute approximate surface area is 94.4 Å². The number of ketones is 1. The molecule has 1 saturated heterocycles. The molecule has 4 nitrogen and oxygen atoms in total. The molecule has 1 aromatic rings. The van der Waals surface area contributed by atoms with Crippen molar-refractivity contribution in [1.82, 2.24) is 16.0 Å². The van der Waals surface area contributed by atoms with Crippen LogP contribution in [0.3, 0.4) is 0 Å². The number of hydrogen-bond donors (Lipinski definition) is 3. The molecule has 2 aliphatic rings. The van der Waals surface area contributed by atoms with Crippen LogP contribution in [0.15, 0.2) is 24.3 Å². The number of nitrogens with one attached hydrogen (secondary N) is 3. The van der Waals surface area contributed by atoms with Crippen molar-refractivity contribution in [3.05, 3.63) is 35.4 Å². The molecule has 1 aromatic carbocycles. The van der Waals surface area contributed by atoms with Crippen LogP contribution >= 0.6 is 0 Å². The van der Waals surface area contributed by atoms with Crippen LogP contribution in [0.4, 0.5) is 0 Å². The summed E-state index contributed by atoms with van der Waals surface area (Å²) in [5.74, 6) is 0.261. The zero-order valence-electron chi connectivity index (χ0n) is 8.99. The first-order valence-electron chi connectivity index (χ1n) is 5.68. The van der Waals surface area contributed by atoms with E-state index in [-0.39, 0.29) is 18.1 Å². The predicted octanol–water partition coefficient (Wildman–Crippen LogP) is -0.0811. The molecule has 4 heteroatoms. The second kappa shape index (κ2) is 3.97. The van der Waals surface area contributed by atoms with E-state index in [1.165, 1.54) is 0 Å². The second-order valence-corrected chi connectivity index (χ2v) is 4.28. The third kappa shape index (κ3) is 1.65. The minimum Gasteiger partial charge on any atom is -0.297 e. The molecular formula is C12H15N3O. The van der Waals surface area contributed by atoms with E-state index in [0.717, 1.165) is 24.2 Å². The summed E-state index contributed by atoms with van der Waals surface area (Å²) in [5, 5.41) is 9.83. The monoisotopic (exact) mass is 217 g/mol. The second-order valence-electron chi connectivity index (χ2n) is 4.28. The van der Waals surface area contributed by atoms with E-state index < -0.39 is 0 Å². The normalized spacial score (nSPS) is 25.0. The Morgan fingerprint density at radius 1 is 1.19 bits per heavy atom. The van der Waals surface area contributed by atoms with E-state index in [0.29, 0.717) is 6.42 Å². The molecule has 0 saturated carbocycles. The average Bonchev–Trinajstić information content (AvgIpc) is 2.89. The van der Waals surface area contributed by atoms with E-state index in [9.17, 15) is 4.79 Å². The van der Waals surface area contributed by atoms with Gasteiger partial charge in [-0.15, -0.1) is 0 Å². The summed E-state index contributed by atoms with van der Waals surface area (Å²) in [6, 6.07) is 7.89. The van der Waals surface area contributed by atoms with E-state index in [2.05, 4.69) is 16.0 Å². The summed E-state index contributed by atoms with van der Waals surface area (Å²) in [6.07, 6.45) is 0.612. The van der Waals surface area contributed by atoms with Gasteiger partial charge in [0.25, 0.3) is 0 Å². The molecule has 1 fully saturated rings. The van der Waals surface area contributed by atoms with Gasteiger partial charge in [0.05, 0.1) is 6.04 Å². The van der Waals surface area contributed by atoms with E-state index in [4.69, 9.17) is 0 Å². The number of carbonyl (C=O) groups excluding carboxylic acids is 1. The van der Waals surface area contributed by atoms with Crippen molar-refractivity contribution in [1.29, 1.82) is 0 Å². The van der Waals surface area contributed by atoms with Crippen LogP contribution in [-0.2, 0) is 11.2 Å². The highest BCUT2D eigenvalue weighted by atomic mass is 16.1. The highest BCUT2D eigenvalue weighted by Gasteiger charge is 2.32. The molecule has 1 heterocycles. The third-order valence-corrected chi connectivity index (χ3v) is 3.21. The molecule has 0 spiro atoms. The molecule has 1 unspecified atom stereocenters. The summed E-state index contributed by atoms with van der Waals surface area (Å²) in [6.45, 7) is 1.89. The third-order valence-electron chi connectivity index (χ3n) is 3.21. The molecule has 84 valence electrons. The van der Waals surface area contributed by atoms with Gasteiger partial charge in [-0.1, -0.05) is 24.3 Å². The summed E-state index contributed by atoms with van der Waals surface area (Å²) < 4.78 is 0. The standard InChI is InChI=1S/C12H15N3O/c16-10-7-8-3-1-2-4-9(8)11(10)15-12-13-5-6-14-12/h1-4,11-15H,5-7H2. The Kier molecular flexibility index (Phi) is 2.47. The molecule has 1 aliphatic carbocycles. The van der Waals surface area contributed by atoms with Crippen LogP contribution in [0, 0.1) is 0 Å². The fraction of sp³-hybridized carbons (Fsp3) is 0.417. The largest absolute Gasteiger partial charge is 0.297 e. The van der Waals surface area contributed by atoms with Crippen molar-refractivity contribution in [3.8, 4) is 0 Å². The fourth-order valence-corrected chi connectivity index (χ4v) is 2.41. The Hall–Kier alpha value is -1.23. The van der Waals surface area contributed by atoms with Gasteiger partial charge in [-0.05, 0) is 11.1 Å². The number of rotatable bonds is 2. The van der Waals surface area contributed by atoms with Gasteiger partial charge >= 0.3 is 0 Å². The van der Waals surface area contributed by atoms with Gasteiger partial charge in [0.15, 0.2) is 5.78 Å². The van der Waals surface area contributed by atoms with E-state index in [1.54, 1.807) is 0 Å². The molecule has 0 radical (unpaired) electrons. The zero-order chi connectivity index (χ0) is 11.0. The van der Waals surface area contributed by atoms with Crippen molar-refractivity contribution < 1.29 is 4.79 Å². The van der Waals surface area contributed by atoms with Crippen LogP contribution < -0.4 is 16.0 Å². The maximum Gasteiger partial charge on any atom is 0.158 e. The lowest BCUT2D eigenvalue weighted by molar-refractivity contribution is -0.120. The molecule has 0 amide bonds. The summed E-state index contributed by atoms with van der Waals surface area (Å²) in [4.78, 5) is 11.9. The number of benzene rings is 1.